The van der Waals surface area contributed by atoms with E-state index in [-0.39, 0.29) is 0 Å². The molecule has 0 saturated carbocycles. The topological polar surface area (TPSA) is 12.0 Å². The maximum atomic E-state index is 4.05. The van der Waals surface area contributed by atoms with Crippen LogP contribution in [0.15, 0.2) is 12.2 Å². The number of nitrogens with one attached hydrogen (secondary N) is 1. The summed E-state index contributed by atoms with van der Waals surface area (Å²) in [6.45, 7) is 8.48. The smallest absolute Gasteiger partial charge is 0.0101 e. The molecule has 0 aromatic carbocycles. The van der Waals surface area contributed by atoms with Gasteiger partial charge in [-0.2, -0.15) is 0 Å². The molecule has 0 bridgehead atoms. The minimum absolute atomic E-state index is 0.652. The summed E-state index contributed by atoms with van der Waals surface area (Å²) in [7, 11) is 2.06. The van der Waals surface area contributed by atoms with Gasteiger partial charge in [0.25, 0.3) is 0 Å². The van der Waals surface area contributed by atoms with Crippen molar-refractivity contribution >= 4 is 0 Å². The molecule has 0 radical (unpaired) electrons. The van der Waals surface area contributed by atoms with Crippen LogP contribution < -0.4 is 5.32 Å². The molecule has 0 heterocycles. The van der Waals surface area contributed by atoms with Crippen LogP contribution in [0.1, 0.15) is 52.4 Å². The van der Waals surface area contributed by atoms with Crippen LogP contribution in [-0.2, 0) is 0 Å². The third-order valence-corrected chi connectivity index (χ3v) is 2.60. The molecule has 0 fully saturated rings. The molecule has 0 aromatic rings. The first-order chi connectivity index (χ1) is 6.24. The second-order valence-electron chi connectivity index (χ2n) is 3.79. The van der Waals surface area contributed by atoms with Crippen LogP contribution in [0.2, 0.25) is 0 Å². The van der Waals surface area contributed by atoms with Gasteiger partial charge in [0.2, 0.25) is 0 Å². The van der Waals surface area contributed by atoms with E-state index in [2.05, 4.69) is 32.8 Å². The van der Waals surface area contributed by atoms with Crippen molar-refractivity contribution in [1.29, 1.82) is 0 Å². The standard InChI is InChI=1S/C12H25N/c1-5-7-8-9-12(13-4)10-11(3)6-2/h12-13H,3,5-10H2,1-2,4H3. The highest BCUT2D eigenvalue weighted by Crippen LogP contribution is 2.12. The first-order valence-corrected chi connectivity index (χ1v) is 5.58. The molecule has 0 aromatic heterocycles. The Kier molecular flexibility index (Phi) is 8.11. The van der Waals surface area contributed by atoms with Crippen molar-refractivity contribution in [3.8, 4) is 0 Å². The second-order valence-corrected chi connectivity index (χ2v) is 3.79. The maximum absolute atomic E-state index is 4.05. The van der Waals surface area contributed by atoms with Crippen LogP contribution >= 0.6 is 0 Å². The second kappa shape index (κ2) is 8.31. The largest absolute Gasteiger partial charge is 0.317 e. The Bertz CT molecular complexity index is 129. The lowest BCUT2D eigenvalue weighted by Gasteiger charge is -2.16. The van der Waals surface area contributed by atoms with E-state index in [0.29, 0.717) is 6.04 Å². The summed E-state index contributed by atoms with van der Waals surface area (Å²) < 4.78 is 0. The van der Waals surface area contributed by atoms with Gasteiger partial charge in [0.15, 0.2) is 0 Å². The van der Waals surface area contributed by atoms with Gasteiger partial charge in [0.05, 0.1) is 0 Å². The van der Waals surface area contributed by atoms with Crippen molar-refractivity contribution in [2.45, 2.75) is 58.4 Å². The van der Waals surface area contributed by atoms with Gasteiger partial charge in [-0.3, -0.25) is 0 Å². The molecule has 0 aliphatic rings. The number of hydrogen-bond acceptors (Lipinski definition) is 1. The lowest BCUT2D eigenvalue weighted by atomic mass is 10.0. The van der Waals surface area contributed by atoms with Gasteiger partial charge in [-0.25, -0.2) is 0 Å². The molecule has 1 N–H and O–H groups in total. The Hall–Kier alpha value is -0.300. The highest BCUT2D eigenvalue weighted by molar-refractivity contribution is 4.96. The van der Waals surface area contributed by atoms with Crippen LogP contribution in [0.5, 0.6) is 0 Å². The molecular formula is C12H25N. The first-order valence-electron chi connectivity index (χ1n) is 5.58. The molecule has 13 heavy (non-hydrogen) atoms. The summed E-state index contributed by atoms with van der Waals surface area (Å²) >= 11 is 0. The Labute approximate surface area is 83.6 Å². The summed E-state index contributed by atoms with van der Waals surface area (Å²) in [6.07, 6.45) is 7.58. The zero-order chi connectivity index (χ0) is 10.1. The molecule has 78 valence electrons. The molecule has 0 amide bonds. The lowest BCUT2D eigenvalue weighted by Crippen LogP contribution is -2.25. The van der Waals surface area contributed by atoms with Gasteiger partial charge < -0.3 is 5.32 Å². The molecule has 0 aliphatic heterocycles. The average Bonchev–Trinajstić information content (AvgIpc) is 2.16. The van der Waals surface area contributed by atoms with Crippen LogP contribution in [0.3, 0.4) is 0 Å². The van der Waals surface area contributed by atoms with Crippen molar-refractivity contribution in [3.63, 3.8) is 0 Å². The van der Waals surface area contributed by atoms with Crippen LogP contribution in [0.25, 0.3) is 0 Å². The summed E-state index contributed by atoms with van der Waals surface area (Å²) in [5.74, 6) is 0. The van der Waals surface area contributed by atoms with E-state index in [4.69, 9.17) is 0 Å². The zero-order valence-electron chi connectivity index (χ0n) is 9.53. The molecular weight excluding hydrogens is 158 g/mol. The number of unbranched alkanes of at least 4 members (excludes halogenated alkanes) is 2. The van der Waals surface area contributed by atoms with E-state index in [1.54, 1.807) is 0 Å². The SMILES string of the molecule is C=C(CC)CC(CCCCC)NC. The molecule has 1 heteroatoms. The van der Waals surface area contributed by atoms with E-state index in [0.717, 1.165) is 12.8 Å². The van der Waals surface area contributed by atoms with Crippen molar-refractivity contribution in [2.24, 2.45) is 0 Å². The molecule has 1 unspecified atom stereocenters. The van der Waals surface area contributed by atoms with Gasteiger partial charge in [0.1, 0.15) is 0 Å². The van der Waals surface area contributed by atoms with E-state index >= 15 is 0 Å². The van der Waals surface area contributed by atoms with E-state index in [9.17, 15) is 0 Å². The number of hydrogen-bond donors (Lipinski definition) is 1. The van der Waals surface area contributed by atoms with E-state index < -0.39 is 0 Å². The quantitative estimate of drug-likeness (QED) is 0.448. The Balaban J connectivity index is 3.56. The summed E-state index contributed by atoms with van der Waals surface area (Å²) in [6, 6.07) is 0.652. The first kappa shape index (κ1) is 12.7. The minimum Gasteiger partial charge on any atom is -0.317 e. The summed E-state index contributed by atoms with van der Waals surface area (Å²) in [4.78, 5) is 0. The van der Waals surface area contributed by atoms with Crippen LogP contribution in [-0.4, -0.2) is 13.1 Å². The third kappa shape index (κ3) is 6.83. The predicted molar refractivity (Wildman–Crippen MR) is 61.0 cm³/mol. The van der Waals surface area contributed by atoms with Crippen molar-refractivity contribution in [2.75, 3.05) is 7.05 Å². The predicted octanol–water partition coefficient (Wildman–Crippen LogP) is 3.51. The van der Waals surface area contributed by atoms with Crippen molar-refractivity contribution in [1.82, 2.24) is 5.32 Å². The van der Waals surface area contributed by atoms with Gasteiger partial charge >= 0.3 is 0 Å². The molecule has 1 atom stereocenters. The minimum atomic E-state index is 0.652. The molecule has 0 spiro atoms. The normalized spacial score (nSPS) is 12.8. The van der Waals surface area contributed by atoms with Gasteiger partial charge in [0, 0.05) is 6.04 Å². The monoisotopic (exact) mass is 183 g/mol. The highest BCUT2D eigenvalue weighted by Gasteiger charge is 2.05. The Morgan fingerprint density at radius 3 is 2.46 bits per heavy atom. The van der Waals surface area contributed by atoms with E-state index in [1.165, 1.54) is 31.3 Å². The maximum Gasteiger partial charge on any atom is 0.0101 e. The van der Waals surface area contributed by atoms with Gasteiger partial charge in [-0.1, -0.05) is 45.3 Å². The van der Waals surface area contributed by atoms with Crippen LogP contribution in [0.4, 0.5) is 0 Å². The fraction of sp³-hybridized carbons (Fsp3) is 0.833. The Morgan fingerprint density at radius 1 is 1.31 bits per heavy atom. The lowest BCUT2D eigenvalue weighted by molar-refractivity contribution is 0.486. The number of rotatable bonds is 8. The summed E-state index contributed by atoms with van der Waals surface area (Å²) in [5, 5.41) is 3.37. The van der Waals surface area contributed by atoms with Crippen molar-refractivity contribution < 1.29 is 0 Å². The fourth-order valence-corrected chi connectivity index (χ4v) is 1.48. The van der Waals surface area contributed by atoms with Crippen molar-refractivity contribution in [3.05, 3.63) is 12.2 Å². The third-order valence-electron chi connectivity index (χ3n) is 2.60. The molecule has 0 aliphatic carbocycles. The fourth-order valence-electron chi connectivity index (χ4n) is 1.48. The Morgan fingerprint density at radius 2 is 2.00 bits per heavy atom. The molecule has 0 rings (SSSR count). The van der Waals surface area contributed by atoms with E-state index in [1.807, 2.05) is 0 Å². The van der Waals surface area contributed by atoms with Gasteiger partial charge in [-0.15, -0.1) is 0 Å². The highest BCUT2D eigenvalue weighted by atomic mass is 14.9. The summed E-state index contributed by atoms with van der Waals surface area (Å²) in [5.41, 5.74) is 1.37. The average molecular weight is 183 g/mol. The van der Waals surface area contributed by atoms with Crippen LogP contribution in [0, 0.1) is 0 Å². The molecule has 0 saturated heterocycles. The molecule has 1 nitrogen and oxygen atoms in total. The van der Waals surface area contributed by atoms with Gasteiger partial charge in [-0.05, 0) is 26.3 Å². The zero-order valence-corrected chi connectivity index (χ0v) is 9.53.